The van der Waals surface area contributed by atoms with Gasteiger partial charge in [-0.1, -0.05) is 48.0 Å². The molecule has 4 heteroatoms. The molecule has 0 aliphatic rings. The fourth-order valence-electron chi connectivity index (χ4n) is 2.12. The molecule has 0 amide bonds. The van der Waals surface area contributed by atoms with Crippen LogP contribution in [0.3, 0.4) is 0 Å². The lowest BCUT2D eigenvalue weighted by atomic mass is 10.0. The number of nitrogens with one attached hydrogen (secondary N) is 1. The summed E-state index contributed by atoms with van der Waals surface area (Å²) in [6.07, 6.45) is 0.229. The minimum absolute atomic E-state index is 0.222. The zero-order valence-electron chi connectivity index (χ0n) is 11.9. The molecule has 0 aromatic heterocycles. The second kappa shape index (κ2) is 7.70. The van der Waals surface area contributed by atoms with Crippen LogP contribution in [0, 0.1) is 0 Å². The third kappa shape index (κ3) is 4.50. The van der Waals surface area contributed by atoms with E-state index in [1.54, 1.807) is 6.92 Å². The summed E-state index contributed by atoms with van der Waals surface area (Å²) < 4.78 is 5.05. The number of anilines is 1. The number of carbonyl (C=O) groups is 1. The Kier molecular flexibility index (Phi) is 5.64. The van der Waals surface area contributed by atoms with E-state index in [-0.39, 0.29) is 18.4 Å². The van der Waals surface area contributed by atoms with Crippen LogP contribution in [0.15, 0.2) is 54.6 Å². The van der Waals surface area contributed by atoms with Gasteiger partial charge in [-0.3, -0.25) is 4.79 Å². The van der Waals surface area contributed by atoms with Crippen LogP contribution >= 0.6 is 11.6 Å². The van der Waals surface area contributed by atoms with Gasteiger partial charge in [0.25, 0.3) is 0 Å². The average Bonchev–Trinajstić information content (AvgIpc) is 2.48. The van der Waals surface area contributed by atoms with Crippen molar-refractivity contribution >= 4 is 23.3 Å². The van der Waals surface area contributed by atoms with Crippen LogP contribution in [0.1, 0.15) is 24.9 Å². The van der Waals surface area contributed by atoms with Crippen LogP contribution in [0.2, 0.25) is 5.02 Å². The summed E-state index contributed by atoms with van der Waals surface area (Å²) in [7, 11) is 0. The van der Waals surface area contributed by atoms with Crippen molar-refractivity contribution in [3.05, 3.63) is 65.2 Å². The Morgan fingerprint density at radius 3 is 2.48 bits per heavy atom. The van der Waals surface area contributed by atoms with Gasteiger partial charge >= 0.3 is 5.97 Å². The van der Waals surface area contributed by atoms with Gasteiger partial charge in [-0.25, -0.2) is 0 Å². The van der Waals surface area contributed by atoms with Crippen molar-refractivity contribution in [3.8, 4) is 0 Å². The topological polar surface area (TPSA) is 38.3 Å². The third-order valence-corrected chi connectivity index (χ3v) is 3.42. The maximum atomic E-state index is 11.8. The van der Waals surface area contributed by atoms with Crippen LogP contribution in [0.4, 0.5) is 5.69 Å². The first-order valence-corrected chi connectivity index (χ1v) is 7.30. The molecule has 0 heterocycles. The number of ether oxygens (including phenoxy) is 1. The fourth-order valence-corrected chi connectivity index (χ4v) is 2.39. The van der Waals surface area contributed by atoms with E-state index in [2.05, 4.69) is 5.32 Å². The lowest BCUT2D eigenvalue weighted by Crippen LogP contribution is -2.17. The van der Waals surface area contributed by atoms with E-state index in [1.807, 2.05) is 54.6 Å². The van der Waals surface area contributed by atoms with Crippen molar-refractivity contribution in [2.45, 2.75) is 19.4 Å². The molecule has 1 N–H and O–H groups in total. The largest absolute Gasteiger partial charge is 0.466 e. The molecule has 2 aromatic carbocycles. The molecular weight excluding hydrogens is 286 g/mol. The van der Waals surface area contributed by atoms with E-state index in [1.165, 1.54) is 0 Å². The molecule has 0 saturated heterocycles. The summed E-state index contributed by atoms with van der Waals surface area (Å²) in [5.41, 5.74) is 1.82. The lowest BCUT2D eigenvalue weighted by molar-refractivity contribution is -0.143. The predicted molar refractivity (Wildman–Crippen MR) is 85.5 cm³/mol. The first-order chi connectivity index (χ1) is 10.2. The van der Waals surface area contributed by atoms with Crippen LogP contribution < -0.4 is 5.32 Å². The van der Waals surface area contributed by atoms with Crippen molar-refractivity contribution in [2.24, 2.45) is 0 Å². The molecule has 110 valence electrons. The molecule has 1 atom stereocenters. The molecule has 3 nitrogen and oxygen atoms in total. The molecule has 0 aliphatic heterocycles. The second-order valence-corrected chi connectivity index (χ2v) is 5.00. The molecule has 0 fully saturated rings. The van der Waals surface area contributed by atoms with Gasteiger partial charge in [-0.2, -0.15) is 0 Å². The normalized spacial score (nSPS) is 11.7. The van der Waals surface area contributed by atoms with Gasteiger partial charge in [-0.05, 0) is 30.7 Å². The molecule has 0 bridgehead atoms. The Bertz CT molecular complexity index is 586. The summed E-state index contributed by atoms with van der Waals surface area (Å²) in [5, 5.41) is 3.97. The molecule has 0 radical (unpaired) electrons. The van der Waals surface area contributed by atoms with E-state index in [9.17, 15) is 4.79 Å². The zero-order valence-corrected chi connectivity index (χ0v) is 12.6. The Labute approximate surface area is 129 Å². The summed E-state index contributed by atoms with van der Waals surface area (Å²) in [6.45, 7) is 2.17. The van der Waals surface area contributed by atoms with Crippen molar-refractivity contribution in [1.82, 2.24) is 0 Å². The molecule has 0 spiro atoms. The highest BCUT2D eigenvalue weighted by atomic mass is 35.5. The molecule has 2 rings (SSSR count). The molecule has 2 aromatic rings. The molecule has 0 saturated carbocycles. The zero-order chi connectivity index (χ0) is 15.1. The Balaban J connectivity index is 2.22. The van der Waals surface area contributed by atoms with Gasteiger partial charge in [0.2, 0.25) is 0 Å². The van der Waals surface area contributed by atoms with E-state index in [4.69, 9.17) is 16.3 Å². The summed E-state index contributed by atoms with van der Waals surface area (Å²) in [4.78, 5) is 11.8. The Morgan fingerprint density at radius 2 is 1.81 bits per heavy atom. The minimum atomic E-state index is -0.245. The molecule has 0 aliphatic carbocycles. The van der Waals surface area contributed by atoms with Crippen LogP contribution in [0.25, 0.3) is 0 Å². The highest BCUT2D eigenvalue weighted by Crippen LogP contribution is 2.28. The maximum absolute atomic E-state index is 11.8. The van der Waals surface area contributed by atoms with Gasteiger partial charge in [0.15, 0.2) is 0 Å². The SMILES string of the molecule is CCOC(=O)CC(Nc1ccccc1)c1ccccc1Cl. The number of carbonyl (C=O) groups excluding carboxylic acids is 1. The van der Waals surface area contributed by atoms with Crippen LogP contribution in [-0.2, 0) is 9.53 Å². The molecule has 21 heavy (non-hydrogen) atoms. The number of benzene rings is 2. The first-order valence-electron chi connectivity index (χ1n) is 6.92. The van der Waals surface area contributed by atoms with E-state index in [0.29, 0.717) is 11.6 Å². The van der Waals surface area contributed by atoms with E-state index < -0.39 is 0 Å². The minimum Gasteiger partial charge on any atom is -0.466 e. The van der Waals surface area contributed by atoms with Gasteiger partial charge < -0.3 is 10.1 Å². The first kappa shape index (κ1) is 15.4. The van der Waals surface area contributed by atoms with Crippen LogP contribution in [-0.4, -0.2) is 12.6 Å². The number of hydrogen-bond donors (Lipinski definition) is 1. The predicted octanol–water partition coefficient (Wildman–Crippen LogP) is 4.45. The maximum Gasteiger partial charge on any atom is 0.308 e. The summed E-state index contributed by atoms with van der Waals surface area (Å²) in [6, 6.07) is 17.0. The second-order valence-electron chi connectivity index (χ2n) is 4.59. The van der Waals surface area contributed by atoms with Crippen molar-refractivity contribution < 1.29 is 9.53 Å². The Morgan fingerprint density at radius 1 is 1.14 bits per heavy atom. The van der Waals surface area contributed by atoms with Gasteiger partial charge in [0.05, 0.1) is 19.1 Å². The number of para-hydroxylation sites is 1. The quantitative estimate of drug-likeness (QED) is 0.801. The standard InChI is InChI=1S/C17H18ClNO2/c1-2-21-17(20)12-16(14-10-6-7-11-15(14)18)19-13-8-4-3-5-9-13/h3-11,16,19H,2,12H2,1H3. The number of rotatable bonds is 6. The fraction of sp³-hybridized carbons (Fsp3) is 0.235. The lowest BCUT2D eigenvalue weighted by Gasteiger charge is -2.20. The summed E-state index contributed by atoms with van der Waals surface area (Å²) >= 11 is 6.25. The number of halogens is 1. The van der Waals surface area contributed by atoms with E-state index in [0.717, 1.165) is 11.3 Å². The monoisotopic (exact) mass is 303 g/mol. The van der Waals surface area contributed by atoms with Crippen molar-refractivity contribution in [1.29, 1.82) is 0 Å². The number of hydrogen-bond acceptors (Lipinski definition) is 3. The molecule has 1 unspecified atom stereocenters. The third-order valence-electron chi connectivity index (χ3n) is 3.07. The molecular formula is C17H18ClNO2. The highest BCUT2D eigenvalue weighted by molar-refractivity contribution is 6.31. The van der Waals surface area contributed by atoms with Gasteiger partial charge in [0, 0.05) is 10.7 Å². The smallest absolute Gasteiger partial charge is 0.308 e. The van der Waals surface area contributed by atoms with Crippen LogP contribution in [0.5, 0.6) is 0 Å². The van der Waals surface area contributed by atoms with Gasteiger partial charge in [0.1, 0.15) is 0 Å². The van der Waals surface area contributed by atoms with Gasteiger partial charge in [-0.15, -0.1) is 0 Å². The van der Waals surface area contributed by atoms with E-state index >= 15 is 0 Å². The highest BCUT2D eigenvalue weighted by Gasteiger charge is 2.19. The summed E-state index contributed by atoms with van der Waals surface area (Å²) in [5.74, 6) is -0.245. The number of esters is 1. The Hall–Kier alpha value is -2.00. The van der Waals surface area contributed by atoms with Crippen molar-refractivity contribution in [3.63, 3.8) is 0 Å². The van der Waals surface area contributed by atoms with Crippen molar-refractivity contribution in [2.75, 3.05) is 11.9 Å². The average molecular weight is 304 g/mol.